The second-order valence-corrected chi connectivity index (χ2v) is 5.49. The van der Waals surface area contributed by atoms with E-state index in [1.165, 1.54) is 0 Å². The van der Waals surface area contributed by atoms with Crippen LogP contribution in [0.4, 0.5) is 0 Å². The van der Waals surface area contributed by atoms with Crippen molar-refractivity contribution in [2.75, 3.05) is 7.11 Å². The Morgan fingerprint density at radius 3 is 2.89 bits per heavy atom. The molecule has 1 atom stereocenters. The molecule has 1 aliphatic heterocycles. The minimum absolute atomic E-state index is 0.0846. The number of rotatable bonds is 3. The second-order valence-electron chi connectivity index (χ2n) is 5.12. The maximum absolute atomic E-state index is 10.6. The number of hydrogen-bond acceptors (Lipinski definition) is 4. The number of fused-ring (bicyclic) bond motifs is 1. The summed E-state index contributed by atoms with van der Waals surface area (Å²) in [5.41, 5.74) is 1.31. The minimum Gasteiger partial charge on any atom is -0.493 e. The van der Waals surface area contributed by atoms with Gasteiger partial charge in [0.15, 0.2) is 11.5 Å². The zero-order chi connectivity index (χ0) is 13.6. The predicted molar refractivity (Wildman–Crippen MR) is 70.8 cm³/mol. The molecule has 0 aromatic heterocycles. The smallest absolute Gasteiger partial charge is 0.235 e. The van der Waals surface area contributed by atoms with Crippen molar-refractivity contribution in [3.63, 3.8) is 0 Å². The molecule has 1 saturated carbocycles. The van der Waals surface area contributed by atoms with Gasteiger partial charge in [0, 0.05) is 17.5 Å². The summed E-state index contributed by atoms with van der Waals surface area (Å²) < 4.78 is 11.1. The van der Waals surface area contributed by atoms with Gasteiger partial charge in [0.2, 0.25) is 6.08 Å². The Balaban J connectivity index is 2.18. The van der Waals surface area contributed by atoms with Crippen LogP contribution in [0, 0.1) is 0 Å². The van der Waals surface area contributed by atoms with Crippen LogP contribution in [-0.4, -0.2) is 19.3 Å². The fraction of sp³-hybridized carbons (Fsp3) is 0.500. The number of methoxy groups -OCH3 is 1. The third-order valence-electron chi connectivity index (χ3n) is 3.79. The van der Waals surface area contributed by atoms with Crippen LogP contribution in [0.5, 0.6) is 11.5 Å². The topological polar surface area (TPSA) is 47.9 Å². The highest BCUT2D eigenvalue weighted by Gasteiger charge is 2.48. The van der Waals surface area contributed by atoms with E-state index in [1.54, 1.807) is 13.2 Å². The molecule has 0 saturated heterocycles. The van der Waals surface area contributed by atoms with Gasteiger partial charge in [0.1, 0.15) is 6.10 Å². The number of hydrogen-bond donors (Lipinski definition) is 0. The number of benzene rings is 1. The molecule has 1 aromatic carbocycles. The van der Waals surface area contributed by atoms with Crippen molar-refractivity contribution in [2.24, 2.45) is 4.99 Å². The fourth-order valence-electron chi connectivity index (χ4n) is 2.65. The Bertz CT molecular complexity index is 589. The SMILES string of the molecule is COc1cc(C2(N=C=O)CC2)c(Cl)c2c1OC(C)C2. The summed E-state index contributed by atoms with van der Waals surface area (Å²) in [6.45, 7) is 1.99. The lowest BCUT2D eigenvalue weighted by molar-refractivity contribution is 0.243. The molecular weight excluding hydrogens is 266 g/mol. The molecule has 0 radical (unpaired) electrons. The molecule has 1 heterocycles. The Labute approximate surface area is 116 Å². The van der Waals surface area contributed by atoms with Gasteiger partial charge in [-0.25, -0.2) is 4.79 Å². The Kier molecular flexibility index (Phi) is 2.80. The first-order chi connectivity index (χ1) is 9.11. The number of isocyanates is 1. The molecule has 4 nitrogen and oxygen atoms in total. The van der Waals surface area contributed by atoms with Crippen LogP contribution in [0.1, 0.15) is 30.9 Å². The van der Waals surface area contributed by atoms with E-state index >= 15 is 0 Å². The van der Waals surface area contributed by atoms with E-state index in [2.05, 4.69) is 4.99 Å². The van der Waals surface area contributed by atoms with Crippen molar-refractivity contribution in [3.8, 4) is 11.5 Å². The number of halogens is 1. The lowest BCUT2D eigenvalue weighted by Crippen LogP contribution is -2.05. The average molecular weight is 280 g/mol. The number of aliphatic imine (C=N–C) groups is 1. The molecule has 0 bridgehead atoms. The molecular formula is C14H14ClNO3. The number of nitrogens with zero attached hydrogens (tertiary/aromatic N) is 1. The molecule has 1 fully saturated rings. The second kappa shape index (κ2) is 4.26. The molecule has 5 heteroatoms. The Morgan fingerprint density at radius 1 is 1.58 bits per heavy atom. The van der Waals surface area contributed by atoms with Gasteiger partial charge in [0.05, 0.1) is 17.7 Å². The first-order valence-corrected chi connectivity index (χ1v) is 6.64. The van der Waals surface area contributed by atoms with E-state index in [1.807, 2.05) is 13.0 Å². The molecule has 0 spiro atoms. The van der Waals surface area contributed by atoms with Crippen molar-refractivity contribution in [1.29, 1.82) is 0 Å². The maximum Gasteiger partial charge on any atom is 0.235 e. The zero-order valence-corrected chi connectivity index (χ0v) is 11.6. The van der Waals surface area contributed by atoms with Crippen molar-refractivity contribution in [3.05, 3.63) is 22.2 Å². The van der Waals surface area contributed by atoms with Gasteiger partial charge in [-0.1, -0.05) is 11.6 Å². The van der Waals surface area contributed by atoms with E-state index in [9.17, 15) is 4.79 Å². The normalized spacial score (nSPS) is 22.2. The Morgan fingerprint density at radius 2 is 2.32 bits per heavy atom. The molecule has 1 unspecified atom stereocenters. The molecule has 19 heavy (non-hydrogen) atoms. The number of carbonyl (C=O) groups excluding carboxylic acids is 1. The monoisotopic (exact) mass is 279 g/mol. The quantitative estimate of drug-likeness (QED) is 0.631. The van der Waals surface area contributed by atoms with E-state index in [-0.39, 0.29) is 6.10 Å². The van der Waals surface area contributed by atoms with Crippen LogP contribution < -0.4 is 9.47 Å². The summed E-state index contributed by atoms with van der Waals surface area (Å²) in [5, 5.41) is 0.650. The van der Waals surface area contributed by atoms with Crippen LogP contribution >= 0.6 is 11.6 Å². The Hall–Kier alpha value is -1.51. The minimum atomic E-state index is -0.493. The van der Waals surface area contributed by atoms with Crippen molar-refractivity contribution < 1.29 is 14.3 Å². The summed E-state index contributed by atoms with van der Waals surface area (Å²) in [7, 11) is 1.60. The molecule has 100 valence electrons. The fourth-order valence-corrected chi connectivity index (χ4v) is 3.04. The van der Waals surface area contributed by atoms with E-state index < -0.39 is 5.54 Å². The molecule has 1 aromatic rings. The van der Waals surface area contributed by atoms with Gasteiger partial charge >= 0.3 is 0 Å². The van der Waals surface area contributed by atoms with Crippen LogP contribution in [-0.2, 0) is 16.8 Å². The van der Waals surface area contributed by atoms with Gasteiger partial charge in [-0.3, -0.25) is 0 Å². The molecule has 3 rings (SSSR count). The summed E-state index contributed by atoms with van der Waals surface area (Å²) in [4.78, 5) is 14.5. The first-order valence-electron chi connectivity index (χ1n) is 6.27. The average Bonchev–Trinajstić information content (AvgIpc) is 3.04. The highest BCUT2D eigenvalue weighted by atomic mass is 35.5. The van der Waals surface area contributed by atoms with Gasteiger partial charge in [-0.05, 0) is 25.8 Å². The van der Waals surface area contributed by atoms with Crippen molar-refractivity contribution in [2.45, 2.75) is 37.8 Å². The van der Waals surface area contributed by atoms with Crippen molar-refractivity contribution >= 4 is 17.7 Å². The molecule has 0 amide bonds. The lowest BCUT2D eigenvalue weighted by atomic mass is 9.99. The number of ether oxygens (including phenoxy) is 2. The van der Waals surface area contributed by atoms with Crippen LogP contribution in [0.15, 0.2) is 11.1 Å². The molecule has 0 N–H and O–H groups in total. The van der Waals surface area contributed by atoms with Crippen LogP contribution in [0.3, 0.4) is 0 Å². The third kappa shape index (κ3) is 1.83. The molecule has 1 aliphatic carbocycles. The lowest BCUT2D eigenvalue weighted by Gasteiger charge is -2.16. The van der Waals surface area contributed by atoms with Gasteiger partial charge in [-0.15, -0.1) is 0 Å². The van der Waals surface area contributed by atoms with Crippen molar-refractivity contribution in [1.82, 2.24) is 0 Å². The van der Waals surface area contributed by atoms with Gasteiger partial charge in [-0.2, -0.15) is 4.99 Å². The maximum atomic E-state index is 10.6. The zero-order valence-electron chi connectivity index (χ0n) is 10.8. The predicted octanol–water partition coefficient (Wildman–Crippen LogP) is 3.00. The summed E-state index contributed by atoms with van der Waals surface area (Å²) >= 11 is 6.48. The van der Waals surface area contributed by atoms with E-state index in [4.69, 9.17) is 21.1 Å². The highest BCUT2D eigenvalue weighted by molar-refractivity contribution is 6.32. The van der Waals surface area contributed by atoms with E-state index in [0.717, 1.165) is 36.1 Å². The summed E-state index contributed by atoms with van der Waals surface area (Å²) in [6.07, 6.45) is 4.13. The first kappa shape index (κ1) is 12.5. The van der Waals surface area contributed by atoms with Crippen LogP contribution in [0.2, 0.25) is 5.02 Å². The van der Waals surface area contributed by atoms with Gasteiger partial charge < -0.3 is 9.47 Å². The van der Waals surface area contributed by atoms with E-state index in [0.29, 0.717) is 10.8 Å². The summed E-state index contributed by atoms with van der Waals surface area (Å²) in [6, 6.07) is 1.84. The third-order valence-corrected chi connectivity index (χ3v) is 4.22. The van der Waals surface area contributed by atoms with Crippen LogP contribution in [0.25, 0.3) is 0 Å². The standard InChI is InChI=1S/C14H14ClNO3/c1-8-5-9-12(15)10(14(3-4-14)16-7-17)6-11(18-2)13(9)19-8/h6,8H,3-5H2,1-2H3. The largest absolute Gasteiger partial charge is 0.493 e. The summed E-state index contributed by atoms with van der Waals surface area (Å²) in [5.74, 6) is 1.38. The van der Waals surface area contributed by atoms with Gasteiger partial charge in [0.25, 0.3) is 0 Å². The highest BCUT2D eigenvalue weighted by Crippen LogP contribution is 2.55. The molecule has 2 aliphatic rings.